The number of aliphatic carboxylic acids is 1. The third kappa shape index (κ3) is 5.61. The maximum Gasteiger partial charge on any atom is 0.331 e. The second-order valence-electron chi connectivity index (χ2n) is 3.29. The zero-order valence-electron chi connectivity index (χ0n) is 8.78. The molecule has 0 fully saturated rings. The lowest BCUT2D eigenvalue weighted by Gasteiger charge is -2.11. The average molecular weight is 214 g/mol. The molecule has 0 spiro atoms. The number of Topliss-reactive ketones (excluding diaryl/α,β-unsaturated/α-hetero) is 1. The summed E-state index contributed by atoms with van der Waals surface area (Å²) >= 11 is 0. The Morgan fingerprint density at radius 2 is 1.93 bits per heavy atom. The van der Waals surface area contributed by atoms with Crippen molar-refractivity contribution < 1.29 is 24.2 Å². The number of esters is 1. The van der Waals surface area contributed by atoms with E-state index in [0.29, 0.717) is 0 Å². The van der Waals surface area contributed by atoms with Crippen LogP contribution < -0.4 is 0 Å². The molecule has 84 valence electrons. The Labute approximate surface area is 87.7 Å². The van der Waals surface area contributed by atoms with Gasteiger partial charge in [-0.15, -0.1) is 0 Å². The third-order valence-electron chi connectivity index (χ3n) is 1.76. The van der Waals surface area contributed by atoms with Gasteiger partial charge in [0.2, 0.25) is 0 Å². The Kier molecular flexibility index (Phi) is 5.30. The number of hydrogen-bond acceptors (Lipinski definition) is 4. The van der Waals surface area contributed by atoms with Crippen LogP contribution >= 0.6 is 0 Å². The Hall–Kier alpha value is -1.65. The van der Waals surface area contributed by atoms with Crippen LogP contribution in [0.1, 0.15) is 20.3 Å². The molecule has 0 heterocycles. The first-order chi connectivity index (χ1) is 6.84. The van der Waals surface area contributed by atoms with Crippen molar-refractivity contribution in [2.75, 3.05) is 6.61 Å². The van der Waals surface area contributed by atoms with Gasteiger partial charge in [-0.25, -0.2) is 4.79 Å². The molecule has 0 amide bonds. The molecule has 1 N–H and O–H groups in total. The van der Waals surface area contributed by atoms with Crippen molar-refractivity contribution in [3.8, 4) is 0 Å². The maximum atomic E-state index is 10.9. The van der Waals surface area contributed by atoms with E-state index in [1.165, 1.54) is 6.92 Å². The van der Waals surface area contributed by atoms with Crippen LogP contribution in [0.3, 0.4) is 0 Å². The fourth-order valence-corrected chi connectivity index (χ4v) is 0.784. The molecule has 0 radical (unpaired) electrons. The second kappa shape index (κ2) is 5.95. The van der Waals surface area contributed by atoms with E-state index in [2.05, 4.69) is 6.58 Å². The van der Waals surface area contributed by atoms with Crippen LogP contribution in [-0.4, -0.2) is 29.4 Å². The van der Waals surface area contributed by atoms with Crippen LogP contribution in [0.2, 0.25) is 0 Å². The largest absolute Gasteiger partial charge is 0.478 e. The first kappa shape index (κ1) is 13.4. The number of ketones is 1. The monoisotopic (exact) mass is 214 g/mol. The number of carbonyl (C=O) groups excluding carboxylic acids is 2. The van der Waals surface area contributed by atoms with Crippen LogP contribution in [0.25, 0.3) is 0 Å². The summed E-state index contributed by atoms with van der Waals surface area (Å²) in [7, 11) is 0. The van der Waals surface area contributed by atoms with Crippen molar-refractivity contribution in [2.24, 2.45) is 5.92 Å². The summed E-state index contributed by atoms with van der Waals surface area (Å²) < 4.78 is 4.70. The van der Waals surface area contributed by atoms with Crippen molar-refractivity contribution in [3.05, 3.63) is 12.2 Å². The Morgan fingerprint density at radius 3 is 2.33 bits per heavy atom. The first-order valence-electron chi connectivity index (χ1n) is 4.41. The zero-order valence-corrected chi connectivity index (χ0v) is 8.78. The van der Waals surface area contributed by atoms with Crippen molar-refractivity contribution in [2.45, 2.75) is 20.3 Å². The molecule has 0 aliphatic carbocycles. The lowest BCUT2D eigenvalue weighted by atomic mass is 10.0. The van der Waals surface area contributed by atoms with E-state index in [9.17, 15) is 14.4 Å². The molecule has 0 rings (SSSR count). The van der Waals surface area contributed by atoms with E-state index in [1.807, 2.05) is 0 Å². The van der Waals surface area contributed by atoms with Gasteiger partial charge in [0, 0.05) is 11.5 Å². The molecule has 0 aliphatic rings. The van der Waals surface area contributed by atoms with E-state index < -0.39 is 17.9 Å². The first-order valence-corrected chi connectivity index (χ1v) is 4.41. The van der Waals surface area contributed by atoms with Gasteiger partial charge in [0.1, 0.15) is 12.2 Å². The summed E-state index contributed by atoms with van der Waals surface area (Å²) in [4.78, 5) is 31.9. The summed E-state index contributed by atoms with van der Waals surface area (Å²) in [6.45, 7) is 6.12. The number of carboxylic acids is 1. The van der Waals surface area contributed by atoms with Crippen molar-refractivity contribution in [3.63, 3.8) is 0 Å². The SMILES string of the molecule is C=C(C(=O)O)C(C)COC(=O)CC(C)=O. The molecule has 1 unspecified atom stereocenters. The van der Waals surface area contributed by atoms with Crippen molar-refractivity contribution in [1.82, 2.24) is 0 Å². The molecule has 0 aliphatic heterocycles. The Balaban J connectivity index is 3.95. The van der Waals surface area contributed by atoms with Gasteiger partial charge in [-0.1, -0.05) is 13.5 Å². The van der Waals surface area contributed by atoms with Gasteiger partial charge in [-0.3, -0.25) is 9.59 Å². The minimum atomic E-state index is -1.12. The molecule has 0 aromatic heterocycles. The molecule has 0 bridgehead atoms. The summed E-state index contributed by atoms with van der Waals surface area (Å²) in [5.41, 5.74) is -0.0226. The lowest BCUT2D eigenvalue weighted by molar-refractivity contribution is -0.147. The van der Waals surface area contributed by atoms with Gasteiger partial charge >= 0.3 is 11.9 Å². The van der Waals surface area contributed by atoms with Gasteiger partial charge < -0.3 is 9.84 Å². The number of rotatable bonds is 6. The van der Waals surface area contributed by atoms with E-state index in [0.717, 1.165) is 0 Å². The standard InChI is InChI=1S/C10H14O5/c1-6(8(3)10(13)14)5-15-9(12)4-7(2)11/h6H,3-5H2,1-2H3,(H,13,14). The highest BCUT2D eigenvalue weighted by atomic mass is 16.5. The minimum Gasteiger partial charge on any atom is -0.478 e. The zero-order chi connectivity index (χ0) is 12.0. The van der Waals surface area contributed by atoms with Crippen LogP contribution in [0.15, 0.2) is 12.2 Å². The predicted molar refractivity (Wildman–Crippen MR) is 52.2 cm³/mol. The normalized spacial score (nSPS) is 11.6. The summed E-state index contributed by atoms with van der Waals surface area (Å²) in [6.07, 6.45) is -0.285. The Morgan fingerprint density at radius 1 is 1.40 bits per heavy atom. The molecule has 1 atom stereocenters. The van der Waals surface area contributed by atoms with Crippen LogP contribution in [0.5, 0.6) is 0 Å². The fourth-order valence-electron chi connectivity index (χ4n) is 0.784. The van der Waals surface area contributed by atoms with Crippen LogP contribution in [-0.2, 0) is 19.1 Å². The highest BCUT2D eigenvalue weighted by Gasteiger charge is 2.16. The Bertz CT molecular complexity index is 292. The smallest absolute Gasteiger partial charge is 0.331 e. The third-order valence-corrected chi connectivity index (χ3v) is 1.76. The van der Waals surface area contributed by atoms with Crippen molar-refractivity contribution >= 4 is 17.7 Å². The summed E-state index contributed by atoms with van der Waals surface area (Å²) in [5, 5.41) is 8.57. The van der Waals surface area contributed by atoms with Gasteiger partial charge in [0.15, 0.2) is 0 Å². The number of carbonyl (C=O) groups is 3. The molecule has 0 saturated heterocycles. The number of ether oxygens (including phenoxy) is 1. The topological polar surface area (TPSA) is 80.7 Å². The van der Waals surface area contributed by atoms with E-state index in [4.69, 9.17) is 9.84 Å². The summed E-state index contributed by atoms with van der Waals surface area (Å²) in [5.74, 6) is -2.51. The molecule has 0 aromatic carbocycles. The van der Waals surface area contributed by atoms with E-state index >= 15 is 0 Å². The predicted octanol–water partition coefficient (Wildman–Crippen LogP) is 0.786. The minimum absolute atomic E-state index is 0.0226. The molecule has 0 aromatic rings. The second-order valence-corrected chi connectivity index (χ2v) is 3.29. The van der Waals surface area contributed by atoms with Crippen LogP contribution in [0, 0.1) is 5.92 Å². The quantitative estimate of drug-likeness (QED) is 0.401. The average Bonchev–Trinajstić information content (AvgIpc) is 2.11. The van der Waals surface area contributed by atoms with Crippen LogP contribution in [0.4, 0.5) is 0 Å². The number of hydrogen-bond donors (Lipinski definition) is 1. The molecule has 5 nitrogen and oxygen atoms in total. The van der Waals surface area contributed by atoms with Gasteiger partial charge in [0.05, 0.1) is 6.61 Å². The fraction of sp³-hybridized carbons (Fsp3) is 0.500. The molecular formula is C10H14O5. The van der Waals surface area contributed by atoms with E-state index in [-0.39, 0.29) is 24.4 Å². The van der Waals surface area contributed by atoms with Gasteiger partial charge in [0.25, 0.3) is 0 Å². The highest BCUT2D eigenvalue weighted by molar-refractivity contribution is 5.94. The molecule has 15 heavy (non-hydrogen) atoms. The van der Waals surface area contributed by atoms with Gasteiger partial charge in [-0.05, 0) is 6.92 Å². The van der Waals surface area contributed by atoms with E-state index in [1.54, 1.807) is 6.92 Å². The van der Waals surface area contributed by atoms with Gasteiger partial charge in [-0.2, -0.15) is 0 Å². The molecule has 0 saturated carbocycles. The number of carboxylic acid groups (broad SMARTS) is 1. The maximum absolute atomic E-state index is 10.9. The van der Waals surface area contributed by atoms with Crippen molar-refractivity contribution in [1.29, 1.82) is 0 Å². The summed E-state index contributed by atoms with van der Waals surface area (Å²) in [6, 6.07) is 0. The molecule has 5 heteroatoms. The lowest BCUT2D eigenvalue weighted by Crippen LogP contribution is -2.18. The molecular weight excluding hydrogens is 200 g/mol. The highest BCUT2D eigenvalue weighted by Crippen LogP contribution is 2.08.